The average molecular weight is 532 g/mol. The smallest absolute Gasteiger partial charge is 0.257 e. The van der Waals surface area contributed by atoms with Crippen LogP contribution in [0.3, 0.4) is 0 Å². The lowest BCUT2D eigenvalue weighted by molar-refractivity contribution is -0.139. The molecule has 1 aliphatic rings. The van der Waals surface area contributed by atoms with Crippen molar-refractivity contribution in [3.63, 3.8) is 0 Å². The molecule has 10 nitrogen and oxygen atoms in total. The Morgan fingerprint density at radius 1 is 1.05 bits per heavy atom. The van der Waals surface area contributed by atoms with Gasteiger partial charge in [-0.25, -0.2) is 18.5 Å². The second kappa shape index (κ2) is 10.9. The fourth-order valence-corrected chi connectivity index (χ4v) is 4.73. The topological polar surface area (TPSA) is 136 Å². The summed E-state index contributed by atoms with van der Waals surface area (Å²) in [6.07, 6.45) is 0.453. The Morgan fingerprint density at radius 2 is 1.68 bits per heavy atom. The molecule has 0 aliphatic carbocycles. The van der Waals surface area contributed by atoms with Gasteiger partial charge in [0.2, 0.25) is 21.8 Å². The van der Waals surface area contributed by atoms with Gasteiger partial charge in [-0.2, -0.15) is 0 Å². The van der Waals surface area contributed by atoms with Gasteiger partial charge >= 0.3 is 0 Å². The van der Waals surface area contributed by atoms with Crippen LogP contribution in [0, 0.1) is 5.41 Å². The zero-order chi connectivity index (χ0) is 27.5. The van der Waals surface area contributed by atoms with Gasteiger partial charge in [0.15, 0.2) is 11.5 Å². The van der Waals surface area contributed by atoms with Crippen LogP contribution in [-0.2, 0) is 30.8 Å². The van der Waals surface area contributed by atoms with Gasteiger partial charge in [0, 0.05) is 13.0 Å². The molecule has 3 rings (SSSR count). The van der Waals surface area contributed by atoms with E-state index in [2.05, 4.69) is 0 Å². The summed E-state index contributed by atoms with van der Waals surface area (Å²) >= 11 is 0. The van der Waals surface area contributed by atoms with Gasteiger partial charge in [-0.3, -0.25) is 14.4 Å². The maximum Gasteiger partial charge on any atom is 0.257 e. The number of carbonyl (C=O) groups excluding carboxylic acids is 3. The summed E-state index contributed by atoms with van der Waals surface area (Å²) in [6.45, 7) is 6.00. The molecule has 2 aromatic carbocycles. The molecule has 1 saturated heterocycles. The third-order valence-electron chi connectivity index (χ3n) is 6.01. The molecule has 37 heavy (non-hydrogen) atoms. The van der Waals surface area contributed by atoms with E-state index in [0.717, 1.165) is 10.5 Å². The Kier molecular flexibility index (Phi) is 8.28. The first kappa shape index (κ1) is 28.1. The van der Waals surface area contributed by atoms with Gasteiger partial charge < -0.3 is 14.4 Å². The van der Waals surface area contributed by atoms with E-state index in [-0.39, 0.29) is 41.3 Å². The van der Waals surface area contributed by atoms with Gasteiger partial charge in [0.05, 0.1) is 31.2 Å². The number of primary sulfonamides is 1. The molecule has 0 bridgehead atoms. The minimum absolute atomic E-state index is 0.135. The van der Waals surface area contributed by atoms with Crippen LogP contribution in [0.5, 0.6) is 11.5 Å². The number of methoxy groups -OCH3 is 2. The van der Waals surface area contributed by atoms with Crippen molar-refractivity contribution in [1.29, 1.82) is 0 Å². The number of amides is 3. The Balaban J connectivity index is 1.87. The lowest BCUT2D eigenvalue weighted by atomic mass is 9.91. The van der Waals surface area contributed by atoms with Gasteiger partial charge in [-0.1, -0.05) is 26.8 Å². The van der Waals surface area contributed by atoms with E-state index < -0.39 is 27.9 Å². The number of sulfonamides is 1. The number of hydrogen-bond donors (Lipinski definition) is 1. The highest BCUT2D eigenvalue weighted by molar-refractivity contribution is 7.89. The minimum Gasteiger partial charge on any atom is -0.493 e. The van der Waals surface area contributed by atoms with E-state index >= 15 is 0 Å². The standard InChI is InChI=1S/C26H33N3O7S/c1-26(2,3)16-24(31)28(13-12-17-6-11-21(35-4)22(14-17)36-5)20-15-23(30)29(25(20)32)18-7-9-19(10-8-18)37(27,33)34/h6-11,14,20H,12-13,15-16H2,1-5H3,(H2,27,33,34). The molecule has 1 unspecified atom stereocenters. The Hall–Kier alpha value is -3.44. The van der Waals surface area contributed by atoms with E-state index in [1.54, 1.807) is 13.2 Å². The summed E-state index contributed by atoms with van der Waals surface area (Å²) in [5, 5.41) is 5.14. The quantitative estimate of drug-likeness (QED) is 0.491. The van der Waals surface area contributed by atoms with Gasteiger partial charge in [0.25, 0.3) is 5.91 Å². The van der Waals surface area contributed by atoms with Crippen LogP contribution in [0.15, 0.2) is 47.4 Å². The normalized spacial score (nSPS) is 16.2. The molecule has 0 saturated carbocycles. The van der Waals surface area contributed by atoms with Crippen LogP contribution in [-0.4, -0.2) is 57.8 Å². The molecule has 0 aromatic heterocycles. The summed E-state index contributed by atoms with van der Waals surface area (Å²) in [5.41, 5.74) is 0.763. The lowest BCUT2D eigenvalue weighted by Gasteiger charge is -2.30. The van der Waals surface area contributed by atoms with E-state index in [9.17, 15) is 22.8 Å². The number of benzene rings is 2. The number of ether oxygens (including phenoxy) is 2. The van der Waals surface area contributed by atoms with Crippen molar-refractivity contribution in [1.82, 2.24) is 4.90 Å². The summed E-state index contributed by atoms with van der Waals surface area (Å²) in [6, 6.07) is 9.63. The molecule has 2 N–H and O–H groups in total. The molecule has 200 valence electrons. The second-order valence-corrected chi connectivity index (χ2v) is 11.7. The summed E-state index contributed by atoms with van der Waals surface area (Å²) in [7, 11) is -0.846. The number of nitrogens with two attached hydrogens (primary N) is 1. The van der Waals surface area contributed by atoms with Gasteiger partial charge in [0.1, 0.15) is 6.04 Å². The van der Waals surface area contributed by atoms with Gasteiger partial charge in [-0.05, 0) is 53.8 Å². The Labute approximate surface area is 217 Å². The maximum atomic E-state index is 13.4. The van der Waals surface area contributed by atoms with Crippen molar-refractivity contribution in [2.75, 3.05) is 25.7 Å². The van der Waals surface area contributed by atoms with Crippen molar-refractivity contribution in [2.45, 2.75) is 51.0 Å². The molecule has 0 spiro atoms. The van der Waals surface area contributed by atoms with Crippen LogP contribution in [0.2, 0.25) is 0 Å². The fraction of sp³-hybridized carbons (Fsp3) is 0.423. The first-order chi connectivity index (χ1) is 17.2. The predicted molar refractivity (Wildman–Crippen MR) is 138 cm³/mol. The van der Waals surface area contributed by atoms with Crippen LogP contribution < -0.4 is 19.5 Å². The largest absolute Gasteiger partial charge is 0.493 e. The molecule has 1 atom stereocenters. The van der Waals surface area contributed by atoms with Crippen molar-refractivity contribution >= 4 is 33.4 Å². The van der Waals surface area contributed by atoms with Crippen LogP contribution in [0.25, 0.3) is 0 Å². The lowest BCUT2D eigenvalue weighted by Crippen LogP contribution is -2.47. The van der Waals surface area contributed by atoms with E-state index in [4.69, 9.17) is 14.6 Å². The molecule has 1 heterocycles. The number of hydrogen-bond acceptors (Lipinski definition) is 7. The monoisotopic (exact) mass is 531 g/mol. The maximum absolute atomic E-state index is 13.4. The molecule has 1 fully saturated rings. The Morgan fingerprint density at radius 3 is 2.22 bits per heavy atom. The molecule has 3 amide bonds. The second-order valence-electron chi connectivity index (χ2n) is 10.1. The highest BCUT2D eigenvalue weighted by atomic mass is 32.2. The predicted octanol–water partition coefficient (Wildman–Crippen LogP) is 2.49. The van der Waals surface area contributed by atoms with Crippen molar-refractivity contribution in [2.24, 2.45) is 10.6 Å². The number of anilines is 1. The zero-order valence-electron chi connectivity index (χ0n) is 21.7. The van der Waals surface area contributed by atoms with E-state index in [0.29, 0.717) is 17.9 Å². The van der Waals surface area contributed by atoms with Crippen LogP contribution in [0.4, 0.5) is 5.69 Å². The zero-order valence-corrected chi connectivity index (χ0v) is 22.5. The number of rotatable bonds is 9. The van der Waals surface area contributed by atoms with E-state index in [1.807, 2.05) is 32.9 Å². The third-order valence-corrected chi connectivity index (χ3v) is 6.94. The number of nitrogens with zero attached hydrogens (tertiary/aromatic N) is 2. The SMILES string of the molecule is COc1ccc(CCN(C(=O)CC(C)(C)C)C2CC(=O)N(c3ccc(S(N)(=O)=O)cc3)C2=O)cc1OC. The first-order valence-electron chi connectivity index (χ1n) is 11.7. The van der Waals surface area contributed by atoms with Crippen molar-refractivity contribution in [3.8, 4) is 11.5 Å². The molecule has 0 radical (unpaired) electrons. The molecular formula is C26H33N3O7S. The van der Waals surface area contributed by atoms with E-state index in [1.165, 1.54) is 36.3 Å². The molecule has 1 aliphatic heterocycles. The summed E-state index contributed by atoms with van der Waals surface area (Å²) < 4.78 is 33.8. The van der Waals surface area contributed by atoms with Crippen LogP contribution >= 0.6 is 0 Å². The third kappa shape index (κ3) is 6.66. The van der Waals surface area contributed by atoms with Gasteiger partial charge in [-0.15, -0.1) is 0 Å². The molecular weight excluding hydrogens is 498 g/mol. The highest BCUT2D eigenvalue weighted by Crippen LogP contribution is 2.30. The Bertz CT molecular complexity index is 1280. The molecule has 2 aromatic rings. The van der Waals surface area contributed by atoms with Crippen molar-refractivity contribution < 1.29 is 32.3 Å². The van der Waals surface area contributed by atoms with Crippen molar-refractivity contribution in [3.05, 3.63) is 48.0 Å². The summed E-state index contributed by atoms with van der Waals surface area (Å²) in [5.74, 6) is -0.118. The minimum atomic E-state index is -3.92. The number of imide groups is 1. The first-order valence-corrected chi connectivity index (χ1v) is 13.3. The number of carbonyl (C=O) groups is 3. The average Bonchev–Trinajstić information content (AvgIpc) is 3.10. The summed E-state index contributed by atoms with van der Waals surface area (Å²) in [4.78, 5) is 42.0. The molecule has 11 heteroatoms. The highest BCUT2D eigenvalue weighted by Gasteiger charge is 2.44. The fourth-order valence-electron chi connectivity index (χ4n) is 4.21. The van der Waals surface area contributed by atoms with Crippen LogP contribution in [0.1, 0.15) is 39.2 Å².